The number of aliphatic carboxylic acids is 1. The highest BCUT2D eigenvalue weighted by atomic mass is 16.5. The number of hydrogen-bond donors (Lipinski definition) is 2. The van der Waals surface area contributed by atoms with Gasteiger partial charge in [0.1, 0.15) is 12.1 Å². The highest BCUT2D eigenvalue weighted by molar-refractivity contribution is 5.87. The van der Waals surface area contributed by atoms with Crippen LogP contribution in [0.2, 0.25) is 0 Å². The van der Waals surface area contributed by atoms with Crippen molar-refractivity contribution in [3.8, 4) is 0 Å². The van der Waals surface area contributed by atoms with E-state index in [1.807, 2.05) is 30.3 Å². The van der Waals surface area contributed by atoms with Crippen LogP contribution in [0.3, 0.4) is 0 Å². The van der Waals surface area contributed by atoms with Crippen molar-refractivity contribution in [2.45, 2.75) is 31.9 Å². The lowest BCUT2D eigenvalue weighted by molar-refractivity contribution is -0.148. The van der Waals surface area contributed by atoms with Gasteiger partial charge in [0.05, 0.1) is 6.61 Å². The summed E-state index contributed by atoms with van der Waals surface area (Å²) in [6.07, 6.45) is 1.68. The lowest BCUT2D eigenvalue weighted by atomic mass is 9.96. The Balaban J connectivity index is 1.79. The van der Waals surface area contributed by atoms with Crippen molar-refractivity contribution >= 4 is 11.9 Å². The molecule has 0 aliphatic heterocycles. The predicted molar refractivity (Wildman–Crippen MR) is 73.0 cm³/mol. The van der Waals surface area contributed by atoms with Gasteiger partial charge in [-0.2, -0.15) is 0 Å². The molecule has 20 heavy (non-hydrogen) atoms. The third kappa shape index (κ3) is 3.57. The minimum Gasteiger partial charge on any atom is -0.480 e. The average molecular weight is 277 g/mol. The fourth-order valence-corrected chi connectivity index (χ4v) is 2.15. The number of carboxylic acids is 1. The lowest BCUT2D eigenvalue weighted by Crippen LogP contribution is -2.54. The Morgan fingerprint density at radius 1 is 1.35 bits per heavy atom. The summed E-state index contributed by atoms with van der Waals surface area (Å²) in [4.78, 5) is 23.1. The Morgan fingerprint density at radius 2 is 2.00 bits per heavy atom. The molecule has 0 spiro atoms. The van der Waals surface area contributed by atoms with Gasteiger partial charge >= 0.3 is 5.97 Å². The minimum absolute atomic E-state index is 0.0260. The van der Waals surface area contributed by atoms with Crippen molar-refractivity contribution in [1.29, 1.82) is 0 Å². The fourth-order valence-electron chi connectivity index (χ4n) is 2.15. The molecular formula is C15H19NO4. The first kappa shape index (κ1) is 14.5. The van der Waals surface area contributed by atoms with Crippen molar-refractivity contribution in [1.82, 2.24) is 5.32 Å². The summed E-state index contributed by atoms with van der Waals surface area (Å²) in [7, 11) is 0. The summed E-state index contributed by atoms with van der Waals surface area (Å²) in [6, 6.07) is 9.51. The molecule has 5 heteroatoms. The maximum atomic E-state index is 11.8. The number of carbonyl (C=O) groups is 2. The summed E-state index contributed by atoms with van der Waals surface area (Å²) < 4.78 is 5.30. The van der Waals surface area contributed by atoms with E-state index in [0.29, 0.717) is 6.61 Å². The van der Waals surface area contributed by atoms with Gasteiger partial charge in [-0.15, -0.1) is 0 Å². The first-order chi connectivity index (χ1) is 9.52. The van der Waals surface area contributed by atoms with Crippen LogP contribution in [-0.2, 0) is 20.9 Å². The average Bonchev–Trinajstić information content (AvgIpc) is 3.24. The van der Waals surface area contributed by atoms with E-state index < -0.39 is 17.4 Å². The Kier molecular flexibility index (Phi) is 4.39. The molecule has 108 valence electrons. The molecule has 1 amide bonds. The maximum Gasteiger partial charge on any atom is 0.329 e. The Bertz CT molecular complexity index is 484. The van der Waals surface area contributed by atoms with Crippen LogP contribution < -0.4 is 5.32 Å². The number of hydrogen-bond acceptors (Lipinski definition) is 3. The smallest absolute Gasteiger partial charge is 0.329 e. The van der Waals surface area contributed by atoms with Crippen LogP contribution in [-0.4, -0.2) is 29.1 Å². The second kappa shape index (κ2) is 6.05. The summed E-state index contributed by atoms with van der Waals surface area (Å²) in [6.45, 7) is 1.76. The normalized spacial score (nSPS) is 17.2. The van der Waals surface area contributed by atoms with Gasteiger partial charge in [-0.1, -0.05) is 30.3 Å². The van der Waals surface area contributed by atoms with Crippen LogP contribution in [0.15, 0.2) is 30.3 Å². The van der Waals surface area contributed by atoms with E-state index in [9.17, 15) is 14.7 Å². The maximum absolute atomic E-state index is 11.8. The Labute approximate surface area is 117 Å². The summed E-state index contributed by atoms with van der Waals surface area (Å²) >= 11 is 0. The van der Waals surface area contributed by atoms with Gasteiger partial charge in [0.25, 0.3) is 0 Å². The predicted octanol–water partition coefficient (Wildman–Crippen LogP) is 1.57. The molecule has 1 saturated carbocycles. The standard InChI is InChI=1S/C15H19NO4/c1-15(14(18)19,12-7-8-12)16-13(17)10-20-9-11-5-3-2-4-6-11/h2-6,12H,7-10H2,1H3,(H,16,17)(H,18,19). The molecule has 0 heterocycles. The number of amides is 1. The first-order valence-corrected chi connectivity index (χ1v) is 6.68. The third-order valence-corrected chi connectivity index (χ3v) is 3.58. The minimum atomic E-state index is -1.17. The van der Waals surface area contributed by atoms with Gasteiger partial charge in [-0.25, -0.2) is 4.79 Å². The topological polar surface area (TPSA) is 75.6 Å². The molecule has 1 aliphatic rings. The summed E-state index contributed by atoms with van der Waals surface area (Å²) in [5.74, 6) is -1.35. The van der Waals surface area contributed by atoms with Gasteiger partial charge in [-0.3, -0.25) is 4.79 Å². The zero-order chi connectivity index (χ0) is 14.6. The molecule has 0 bridgehead atoms. The zero-order valence-corrected chi connectivity index (χ0v) is 11.5. The molecule has 1 atom stereocenters. The molecule has 1 aliphatic carbocycles. The van der Waals surface area contributed by atoms with Crippen LogP contribution >= 0.6 is 0 Å². The molecule has 5 nitrogen and oxygen atoms in total. The second-order valence-electron chi connectivity index (χ2n) is 5.31. The molecule has 1 fully saturated rings. The van der Waals surface area contributed by atoms with Crippen molar-refractivity contribution in [3.63, 3.8) is 0 Å². The van der Waals surface area contributed by atoms with Gasteiger partial charge < -0.3 is 15.2 Å². The number of nitrogens with one attached hydrogen (secondary N) is 1. The second-order valence-corrected chi connectivity index (χ2v) is 5.31. The van der Waals surface area contributed by atoms with E-state index in [-0.39, 0.29) is 12.5 Å². The molecule has 0 radical (unpaired) electrons. The van der Waals surface area contributed by atoms with E-state index in [0.717, 1.165) is 18.4 Å². The monoisotopic (exact) mass is 277 g/mol. The fraction of sp³-hybridized carbons (Fsp3) is 0.467. The number of rotatable bonds is 7. The molecule has 1 unspecified atom stereocenters. The van der Waals surface area contributed by atoms with E-state index in [1.54, 1.807) is 6.92 Å². The quantitative estimate of drug-likeness (QED) is 0.793. The van der Waals surface area contributed by atoms with Crippen LogP contribution in [0.4, 0.5) is 0 Å². The zero-order valence-electron chi connectivity index (χ0n) is 11.5. The molecule has 2 N–H and O–H groups in total. The summed E-state index contributed by atoms with van der Waals surface area (Å²) in [5, 5.41) is 11.8. The van der Waals surface area contributed by atoms with Gasteiger partial charge in [0.15, 0.2) is 0 Å². The lowest BCUT2D eigenvalue weighted by Gasteiger charge is -2.26. The Hall–Kier alpha value is -1.88. The van der Waals surface area contributed by atoms with E-state index in [2.05, 4.69) is 5.32 Å². The van der Waals surface area contributed by atoms with Gasteiger partial charge in [0, 0.05) is 0 Å². The highest BCUT2D eigenvalue weighted by Gasteiger charge is 2.48. The van der Waals surface area contributed by atoms with Crippen molar-refractivity contribution in [3.05, 3.63) is 35.9 Å². The Morgan fingerprint density at radius 3 is 2.55 bits per heavy atom. The molecule has 1 aromatic rings. The van der Waals surface area contributed by atoms with E-state index >= 15 is 0 Å². The molecule has 0 aromatic heterocycles. The molecule has 0 saturated heterocycles. The van der Waals surface area contributed by atoms with Crippen molar-refractivity contribution < 1.29 is 19.4 Å². The summed E-state index contributed by atoms with van der Waals surface area (Å²) in [5.41, 5.74) is -0.198. The molecule has 2 rings (SSSR count). The van der Waals surface area contributed by atoms with Gasteiger partial charge in [-0.05, 0) is 31.2 Å². The molecular weight excluding hydrogens is 258 g/mol. The van der Waals surface area contributed by atoms with Crippen LogP contribution in [0.25, 0.3) is 0 Å². The van der Waals surface area contributed by atoms with Crippen molar-refractivity contribution in [2.75, 3.05) is 6.61 Å². The van der Waals surface area contributed by atoms with E-state index in [1.165, 1.54) is 0 Å². The van der Waals surface area contributed by atoms with Crippen molar-refractivity contribution in [2.24, 2.45) is 5.92 Å². The first-order valence-electron chi connectivity index (χ1n) is 6.68. The van der Waals surface area contributed by atoms with E-state index in [4.69, 9.17) is 4.74 Å². The largest absolute Gasteiger partial charge is 0.480 e. The SMILES string of the molecule is CC(NC(=O)COCc1ccccc1)(C(=O)O)C1CC1. The highest BCUT2D eigenvalue weighted by Crippen LogP contribution is 2.39. The number of carboxylic acid groups (broad SMARTS) is 1. The number of ether oxygens (including phenoxy) is 1. The van der Waals surface area contributed by atoms with Crippen LogP contribution in [0.1, 0.15) is 25.3 Å². The van der Waals surface area contributed by atoms with Crippen LogP contribution in [0.5, 0.6) is 0 Å². The number of carbonyl (C=O) groups excluding carboxylic acids is 1. The number of benzene rings is 1. The molecule has 1 aromatic carbocycles. The third-order valence-electron chi connectivity index (χ3n) is 3.58. The van der Waals surface area contributed by atoms with Crippen LogP contribution in [0, 0.1) is 5.92 Å². The van der Waals surface area contributed by atoms with Gasteiger partial charge in [0.2, 0.25) is 5.91 Å².